The molecule has 2 aromatic carbocycles. The van der Waals surface area contributed by atoms with Gasteiger partial charge in [-0.1, -0.05) is 18.2 Å². The van der Waals surface area contributed by atoms with E-state index in [0.29, 0.717) is 17.4 Å². The van der Waals surface area contributed by atoms with Gasteiger partial charge in [-0.2, -0.15) is 9.47 Å². The van der Waals surface area contributed by atoms with Gasteiger partial charge >= 0.3 is 0 Å². The molecule has 8 nitrogen and oxygen atoms in total. The van der Waals surface area contributed by atoms with E-state index < -0.39 is 20.7 Å². The van der Waals surface area contributed by atoms with Crippen LogP contribution in [0.1, 0.15) is 23.1 Å². The van der Waals surface area contributed by atoms with Crippen LogP contribution in [0.2, 0.25) is 0 Å². The van der Waals surface area contributed by atoms with Gasteiger partial charge in [-0.3, -0.25) is 9.40 Å². The summed E-state index contributed by atoms with van der Waals surface area (Å²) < 4.78 is 47.7. The van der Waals surface area contributed by atoms with Crippen molar-refractivity contribution >= 4 is 37.6 Å². The highest BCUT2D eigenvalue weighted by atomic mass is 32.2. The molecular formula is C20H19FN6O2S2. The number of hydrogen-bond donors (Lipinski definition) is 2. The van der Waals surface area contributed by atoms with Crippen molar-refractivity contribution in [3.8, 4) is 0 Å². The second-order valence-corrected chi connectivity index (χ2v) is 9.98. The summed E-state index contributed by atoms with van der Waals surface area (Å²) in [6.45, 7) is 0.452. The lowest BCUT2D eigenvalue weighted by molar-refractivity contribution is 0.567. The monoisotopic (exact) mass is 458 g/mol. The Morgan fingerprint density at radius 2 is 2.19 bits per heavy atom. The first kappa shape index (κ1) is 20.0. The fraction of sp³-hybridized carbons (Fsp3) is 0.250. The lowest BCUT2D eigenvalue weighted by Gasteiger charge is -2.24. The van der Waals surface area contributed by atoms with Gasteiger partial charge in [0.2, 0.25) is 5.13 Å². The first-order valence-electron chi connectivity index (χ1n) is 9.70. The van der Waals surface area contributed by atoms with Crippen LogP contribution in [0, 0.1) is 5.82 Å². The quantitative estimate of drug-likeness (QED) is 0.475. The van der Waals surface area contributed by atoms with Crippen molar-refractivity contribution in [3.63, 3.8) is 0 Å². The third-order valence-electron chi connectivity index (χ3n) is 5.51. The van der Waals surface area contributed by atoms with Crippen LogP contribution in [0.4, 0.5) is 9.52 Å². The summed E-state index contributed by atoms with van der Waals surface area (Å²) in [5.41, 5.74) is 10.3. The van der Waals surface area contributed by atoms with E-state index in [1.165, 1.54) is 29.6 Å². The number of benzene rings is 2. The minimum Gasteiger partial charge on any atom is -0.327 e. The number of aryl methyl sites for hydroxylation is 1. The molecule has 0 aliphatic heterocycles. The molecule has 11 heteroatoms. The third kappa shape index (κ3) is 3.80. The number of rotatable bonds is 5. The van der Waals surface area contributed by atoms with Gasteiger partial charge in [0, 0.05) is 29.0 Å². The van der Waals surface area contributed by atoms with Crippen molar-refractivity contribution in [2.45, 2.75) is 36.7 Å². The topological polar surface area (TPSA) is 116 Å². The summed E-state index contributed by atoms with van der Waals surface area (Å²) in [6.07, 6.45) is 5.48. The molecule has 0 amide bonds. The molecule has 5 rings (SSSR count). The minimum atomic E-state index is -4.14. The third-order valence-corrected chi connectivity index (χ3v) is 7.57. The molecule has 31 heavy (non-hydrogen) atoms. The average Bonchev–Trinajstić information content (AvgIpc) is 3.37. The maximum atomic E-state index is 14.9. The normalized spacial score (nSPS) is 16.4. The summed E-state index contributed by atoms with van der Waals surface area (Å²) in [6, 6.07) is 8.79. The van der Waals surface area contributed by atoms with Crippen LogP contribution in [0.5, 0.6) is 0 Å². The van der Waals surface area contributed by atoms with E-state index in [4.69, 9.17) is 5.73 Å². The fourth-order valence-electron chi connectivity index (χ4n) is 4.00. The number of anilines is 1. The highest BCUT2D eigenvalue weighted by Gasteiger charge is 2.23. The van der Waals surface area contributed by atoms with Gasteiger partial charge < -0.3 is 5.73 Å². The second-order valence-electron chi connectivity index (χ2n) is 7.55. The van der Waals surface area contributed by atoms with E-state index in [-0.39, 0.29) is 11.2 Å². The zero-order valence-electron chi connectivity index (χ0n) is 16.3. The molecule has 0 bridgehead atoms. The van der Waals surface area contributed by atoms with Gasteiger partial charge in [0.15, 0.2) is 0 Å². The second kappa shape index (κ2) is 7.66. The molecule has 0 radical (unpaired) electrons. The Morgan fingerprint density at radius 1 is 1.32 bits per heavy atom. The average molecular weight is 459 g/mol. The molecule has 1 aliphatic carbocycles. The van der Waals surface area contributed by atoms with Crippen LogP contribution in [-0.2, 0) is 29.4 Å². The standard InChI is InChI=1S/C20H19FN6O2S2/c21-17-8-18-14(6-19(17)31(28,29)26-20-23-11-25-30-20)9-24-27(18)10-13-3-1-2-12-4-5-15(22)7-16(12)13/h1-3,6,8-9,11,15H,4-5,7,10,22H2,(H,23,25,26)/t15-/m0/s1. The summed E-state index contributed by atoms with van der Waals surface area (Å²) in [5.74, 6) is -0.858. The van der Waals surface area contributed by atoms with E-state index in [0.717, 1.165) is 36.4 Å². The molecule has 0 unspecified atom stereocenters. The Labute approximate surface area is 182 Å². The Hall–Kier alpha value is -2.89. The van der Waals surface area contributed by atoms with Gasteiger partial charge in [0.1, 0.15) is 17.0 Å². The zero-order valence-corrected chi connectivity index (χ0v) is 18.0. The van der Waals surface area contributed by atoms with Gasteiger partial charge in [-0.15, -0.1) is 0 Å². The van der Waals surface area contributed by atoms with Crippen LogP contribution in [0.15, 0.2) is 47.8 Å². The van der Waals surface area contributed by atoms with E-state index in [1.807, 2.05) is 12.1 Å². The predicted molar refractivity (Wildman–Crippen MR) is 116 cm³/mol. The molecular weight excluding hydrogens is 439 g/mol. The van der Waals surface area contributed by atoms with Crippen molar-refractivity contribution in [2.75, 3.05) is 4.72 Å². The predicted octanol–water partition coefficient (Wildman–Crippen LogP) is 2.69. The molecule has 2 heterocycles. The Morgan fingerprint density at radius 3 is 3.00 bits per heavy atom. The number of nitrogens with zero attached hydrogens (tertiary/aromatic N) is 4. The Balaban J connectivity index is 1.50. The number of fused-ring (bicyclic) bond motifs is 2. The van der Waals surface area contributed by atoms with Crippen LogP contribution in [-0.4, -0.2) is 33.6 Å². The van der Waals surface area contributed by atoms with Gasteiger partial charge in [-0.25, -0.2) is 17.8 Å². The first-order valence-corrected chi connectivity index (χ1v) is 12.0. The summed E-state index contributed by atoms with van der Waals surface area (Å²) >= 11 is 0.871. The summed E-state index contributed by atoms with van der Waals surface area (Å²) in [5, 5.41) is 4.98. The van der Waals surface area contributed by atoms with Crippen molar-refractivity contribution in [1.29, 1.82) is 0 Å². The molecule has 160 valence electrons. The summed E-state index contributed by atoms with van der Waals surface area (Å²) in [7, 11) is -4.14. The molecule has 1 atom stereocenters. The SMILES string of the molecule is N[C@H]1CCc2cccc(Cn3ncc4cc(S(=O)(=O)Nc5ncns5)c(F)cc43)c2C1. The minimum absolute atomic E-state index is 0.0715. The Bertz CT molecular complexity index is 1370. The molecule has 3 N–H and O–H groups in total. The number of hydrogen-bond acceptors (Lipinski definition) is 7. The molecule has 0 fully saturated rings. The van der Waals surface area contributed by atoms with E-state index in [9.17, 15) is 12.8 Å². The maximum Gasteiger partial charge on any atom is 0.266 e. The van der Waals surface area contributed by atoms with Crippen molar-refractivity contribution in [2.24, 2.45) is 5.73 Å². The van der Waals surface area contributed by atoms with E-state index >= 15 is 0 Å². The van der Waals surface area contributed by atoms with Crippen molar-refractivity contribution < 1.29 is 12.8 Å². The maximum absolute atomic E-state index is 14.9. The van der Waals surface area contributed by atoms with Crippen LogP contribution in [0.25, 0.3) is 10.9 Å². The number of aromatic nitrogens is 4. The smallest absolute Gasteiger partial charge is 0.266 e. The van der Waals surface area contributed by atoms with E-state index in [2.05, 4.69) is 25.2 Å². The van der Waals surface area contributed by atoms with Crippen LogP contribution in [0.3, 0.4) is 0 Å². The highest BCUT2D eigenvalue weighted by Crippen LogP contribution is 2.28. The first-order chi connectivity index (χ1) is 14.9. The molecule has 4 aromatic rings. The zero-order chi connectivity index (χ0) is 21.6. The lowest BCUT2D eigenvalue weighted by atomic mass is 9.86. The number of nitrogens with two attached hydrogens (primary N) is 1. The highest BCUT2D eigenvalue weighted by molar-refractivity contribution is 7.93. The summed E-state index contributed by atoms with van der Waals surface area (Å²) in [4.78, 5) is 3.32. The van der Waals surface area contributed by atoms with Gasteiger partial charge in [0.05, 0.1) is 18.3 Å². The van der Waals surface area contributed by atoms with Gasteiger partial charge in [0.25, 0.3) is 10.0 Å². The van der Waals surface area contributed by atoms with Crippen molar-refractivity contribution in [1.82, 2.24) is 19.1 Å². The number of sulfonamides is 1. The van der Waals surface area contributed by atoms with Gasteiger partial charge in [-0.05, 0) is 42.0 Å². The molecule has 0 saturated carbocycles. The Kier molecular flexibility index (Phi) is 4.95. The van der Waals surface area contributed by atoms with E-state index in [1.54, 1.807) is 10.9 Å². The molecule has 1 aliphatic rings. The van der Waals surface area contributed by atoms with Crippen LogP contribution >= 0.6 is 11.5 Å². The number of halogens is 1. The lowest BCUT2D eigenvalue weighted by Crippen LogP contribution is -2.29. The number of nitrogens with one attached hydrogen (secondary N) is 1. The van der Waals surface area contributed by atoms with Crippen molar-refractivity contribution in [3.05, 3.63) is 65.4 Å². The molecule has 0 spiro atoms. The molecule has 0 saturated heterocycles. The fourth-order valence-corrected chi connectivity index (χ4v) is 5.76. The largest absolute Gasteiger partial charge is 0.327 e. The molecule has 2 aromatic heterocycles. The van der Waals surface area contributed by atoms with Crippen LogP contribution < -0.4 is 10.5 Å².